The van der Waals surface area contributed by atoms with Crippen molar-refractivity contribution in [1.82, 2.24) is 4.90 Å². The SMILES string of the molecule is CCC1CCN(CCCCCCCN)C1. The van der Waals surface area contributed by atoms with E-state index in [4.69, 9.17) is 5.73 Å². The van der Waals surface area contributed by atoms with Crippen LogP contribution < -0.4 is 5.73 Å². The van der Waals surface area contributed by atoms with E-state index >= 15 is 0 Å². The molecule has 2 N–H and O–H groups in total. The molecule has 1 aliphatic rings. The zero-order valence-corrected chi connectivity index (χ0v) is 10.4. The summed E-state index contributed by atoms with van der Waals surface area (Å²) in [6.07, 6.45) is 9.50. The van der Waals surface area contributed by atoms with Gasteiger partial charge in [0.15, 0.2) is 0 Å². The van der Waals surface area contributed by atoms with Crippen molar-refractivity contribution in [3.05, 3.63) is 0 Å². The van der Waals surface area contributed by atoms with Crippen molar-refractivity contribution in [3.63, 3.8) is 0 Å². The standard InChI is InChI=1S/C13H28N2/c1-2-13-8-11-15(12-13)10-7-5-3-4-6-9-14/h13H,2-12,14H2,1H3. The van der Waals surface area contributed by atoms with Gasteiger partial charge in [-0.25, -0.2) is 0 Å². The third-order valence-corrected chi connectivity index (χ3v) is 3.63. The second kappa shape index (κ2) is 8.12. The van der Waals surface area contributed by atoms with Gasteiger partial charge in [0, 0.05) is 6.54 Å². The largest absolute Gasteiger partial charge is 0.330 e. The molecule has 1 fully saturated rings. The van der Waals surface area contributed by atoms with E-state index in [0.29, 0.717) is 0 Å². The topological polar surface area (TPSA) is 29.3 Å². The zero-order chi connectivity index (χ0) is 10.9. The number of nitrogens with zero attached hydrogens (tertiary/aromatic N) is 1. The normalized spacial score (nSPS) is 22.4. The quantitative estimate of drug-likeness (QED) is 0.627. The molecule has 15 heavy (non-hydrogen) atoms. The predicted molar refractivity (Wildman–Crippen MR) is 67.0 cm³/mol. The summed E-state index contributed by atoms with van der Waals surface area (Å²) < 4.78 is 0. The summed E-state index contributed by atoms with van der Waals surface area (Å²) in [5, 5.41) is 0. The summed E-state index contributed by atoms with van der Waals surface area (Å²) in [4.78, 5) is 2.65. The fourth-order valence-corrected chi connectivity index (χ4v) is 2.46. The molecule has 1 aliphatic heterocycles. The van der Waals surface area contributed by atoms with Gasteiger partial charge in [0.25, 0.3) is 0 Å². The van der Waals surface area contributed by atoms with E-state index in [1.54, 1.807) is 0 Å². The van der Waals surface area contributed by atoms with E-state index < -0.39 is 0 Å². The van der Waals surface area contributed by atoms with Crippen LogP contribution in [0.5, 0.6) is 0 Å². The van der Waals surface area contributed by atoms with E-state index in [2.05, 4.69) is 11.8 Å². The summed E-state index contributed by atoms with van der Waals surface area (Å²) in [7, 11) is 0. The van der Waals surface area contributed by atoms with Gasteiger partial charge in [-0.1, -0.05) is 32.6 Å². The highest BCUT2D eigenvalue weighted by atomic mass is 15.1. The Bertz CT molecular complexity index is 147. The fourth-order valence-electron chi connectivity index (χ4n) is 2.46. The maximum Gasteiger partial charge on any atom is 0.00100 e. The minimum absolute atomic E-state index is 0.865. The molecule has 2 heteroatoms. The molecule has 0 aromatic rings. The second-order valence-corrected chi connectivity index (χ2v) is 4.92. The lowest BCUT2D eigenvalue weighted by atomic mass is 10.1. The minimum atomic E-state index is 0.865. The Morgan fingerprint density at radius 1 is 1.13 bits per heavy atom. The maximum atomic E-state index is 5.47. The van der Waals surface area contributed by atoms with Crippen LogP contribution in [0.4, 0.5) is 0 Å². The molecular formula is C13H28N2. The molecule has 0 aromatic carbocycles. The summed E-state index contributed by atoms with van der Waals surface area (Å²) in [6, 6.07) is 0. The Morgan fingerprint density at radius 3 is 2.53 bits per heavy atom. The van der Waals surface area contributed by atoms with E-state index in [0.717, 1.165) is 12.5 Å². The highest BCUT2D eigenvalue weighted by molar-refractivity contribution is 4.74. The molecule has 0 spiro atoms. The van der Waals surface area contributed by atoms with Crippen LogP contribution in [0, 0.1) is 5.92 Å². The third-order valence-electron chi connectivity index (χ3n) is 3.63. The van der Waals surface area contributed by atoms with Crippen LogP contribution in [0.2, 0.25) is 0 Å². The monoisotopic (exact) mass is 212 g/mol. The lowest BCUT2D eigenvalue weighted by molar-refractivity contribution is 0.313. The molecule has 1 unspecified atom stereocenters. The first-order valence-corrected chi connectivity index (χ1v) is 6.79. The third kappa shape index (κ3) is 5.53. The fraction of sp³-hybridized carbons (Fsp3) is 1.00. The molecule has 0 radical (unpaired) electrons. The minimum Gasteiger partial charge on any atom is -0.330 e. The second-order valence-electron chi connectivity index (χ2n) is 4.92. The molecule has 90 valence electrons. The van der Waals surface area contributed by atoms with Gasteiger partial charge in [-0.3, -0.25) is 0 Å². The molecule has 1 saturated heterocycles. The molecule has 0 aliphatic carbocycles. The van der Waals surface area contributed by atoms with Gasteiger partial charge in [0.2, 0.25) is 0 Å². The predicted octanol–water partition coefficient (Wildman–Crippen LogP) is 2.63. The van der Waals surface area contributed by atoms with Gasteiger partial charge in [-0.15, -0.1) is 0 Å². The van der Waals surface area contributed by atoms with Crippen molar-refractivity contribution in [2.24, 2.45) is 11.7 Å². The number of rotatable bonds is 8. The first-order valence-electron chi connectivity index (χ1n) is 6.79. The van der Waals surface area contributed by atoms with Gasteiger partial charge >= 0.3 is 0 Å². The molecule has 1 atom stereocenters. The Hall–Kier alpha value is -0.0800. The van der Waals surface area contributed by atoms with Crippen molar-refractivity contribution >= 4 is 0 Å². The van der Waals surface area contributed by atoms with Gasteiger partial charge < -0.3 is 10.6 Å². The summed E-state index contributed by atoms with van der Waals surface area (Å²) >= 11 is 0. The highest BCUT2D eigenvalue weighted by Crippen LogP contribution is 2.19. The van der Waals surface area contributed by atoms with Gasteiger partial charge in [0.05, 0.1) is 0 Å². The highest BCUT2D eigenvalue weighted by Gasteiger charge is 2.19. The molecule has 1 heterocycles. The number of hydrogen-bond donors (Lipinski definition) is 1. The van der Waals surface area contributed by atoms with E-state index in [9.17, 15) is 0 Å². The van der Waals surface area contributed by atoms with Crippen molar-refractivity contribution in [2.75, 3.05) is 26.2 Å². The smallest absolute Gasteiger partial charge is 0.00100 e. The lowest BCUT2D eigenvalue weighted by Crippen LogP contribution is -2.21. The van der Waals surface area contributed by atoms with Crippen LogP contribution in [0.15, 0.2) is 0 Å². The number of hydrogen-bond acceptors (Lipinski definition) is 2. The maximum absolute atomic E-state index is 5.47. The molecule has 2 nitrogen and oxygen atoms in total. The average molecular weight is 212 g/mol. The van der Waals surface area contributed by atoms with Gasteiger partial charge in [-0.2, -0.15) is 0 Å². The summed E-state index contributed by atoms with van der Waals surface area (Å²) in [5.74, 6) is 0.988. The van der Waals surface area contributed by atoms with Gasteiger partial charge in [0.1, 0.15) is 0 Å². The van der Waals surface area contributed by atoms with Crippen LogP contribution in [-0.4, -0.2) is 31.1 Å². The first-order chi connectivity index (χ1) is 7.36. The van der Waals surface area contributed by atoms with Crippen LogP contribution >= 0.6 is 0 Å². The summed E-state index contributed by atoms with van der Waals surface area (Å²) in [6.45, 7) is 7.23. The first kappa shape index (κ1) is 13.0. The van der Waals surface area contributed by atoms with Gasteiger partial charge in [-0.05, 0) is 44.8 Å². The Labute approximate surface area is 95.2 Å². The lowest BCUT2D eigenvalue weighted by Gasteiger charge is -2.15. The Balaban J connectivity index is 1.88. The Kier molecular flexibility index (Phi) is 7.03. The average Bonchev–Trinajstić information content (AvgIpc) is 2.71. The molecule has 0 bridgehead atoms. The van der Waals surface area contributed by atoms with E-state index in [1.807, 2.05) is 0 Å². The zero-order valence-electron chi connectivity index (χ0n) is 10.4. The summed E-state index contributed by atoms with van der Waals surface area (Å²) in [5.41, 5.74) is 5.47. The van der Waals surface area contributed by atoms with Crippen molar-refractivity contribution < 1.29 is 0 Å². The van der Waals surface area contributed by atoms with Crippen LogP contribution in [0.25, 0.3) is 0 Å². The van der Waals surface area contributed by atoms with Crippen molar-refractivity contribution in [1.29, 1.82) is 0 Å². The van der Waals surface area contributed by atoms with Crippen LogP contribution in [0.1, 0.15) is 51.9 Å². The van der Waals surface area contributed by atoms with Crippen LogP contribution in [0.3, 0.4) is 0 Å². The van der Waals surface area contributed by atoms with Crippen molar-refractivity contribution in [2.45, 2.75) is 51.9 Å². The van der Waals surface area contributed by atoms with Crippen molar-refractivity contribution in [3.8, 4) is 0 Å². The molecule has 0 saturated carbocycles. The van der Waals surface area contributed by atoms with E-state index in [-0.39, 0.29) is 0 Å². The number of unbranched alkanes of at least 4 members (excludes halogenated alkanes) is 4. The molecular weight excluding hydrogens is 184 g/mol. The number of likely N-dealkylation sites (tertiary alicyclic amines) is 1. The molecule has 0 aromatic heterocycles. The Morgan fingerprint density at radius 2 is 1.87 bits per heavy atom. The molecule has 0 amide bonds. The van der Waals surface area contributed by atoms with E-state index in [1.165, 1.54) is 64.6 Å². The van der Waals surface area contributed by atoms with Crippen LogP contribution in [-0.2, 0) is 0 Å². The number of nitrogens with two attached hydrogens (primary N) is 1. The molecule has 1 rings (SSSR count).